The highest BCUT2D eigenvalue weighted by atomic mass is 32.2. The van der Waals surface area contributed by atoms with Crippen molar-refractivity contribution in [1.29, 1.82) is 0 Å². The first-order valence-electron chi connectivity index (χ1n) is 6.52. The zero-order valence-electron chi connectivity index (χ0n) is 11.1. The van der Waals surface area contributed by atoms with Crippen LogP contribution in [0.4, 0.5) is 0 Å². The molecule has 4 heteroatoms. The summed E-state index contributed by atoms with van der Waals surface area (Å²) in [5.74, 6) is -0.0470. The summed E-state index contributed by atoms with van der Waals surface area (Å²) in [6.07, 6.45) is 0.493. The topological polar surface area (TPSA) is 51.2 Å². The van der Waals surface area contributed by atoms with E-state index < -0.39 is 9.84 Å². The van der Waals surface area contributed by atoms with Gasteiger partial charge in [-0.1, -0.05) is 43.3 Å². The molecule has 0 fully saturated rings. The third kappa shape index (κ3) is 1.88. The molecule has 0 bridgehead atoms. The van der Waals surface area contributed by atoms with Gasteiger partial charge >= 0.3 is 0 Å². The molecule has 0 heterocycles. The van der Waals surface area contributed by atoms with Gasteiger partial charge in [0.25, 0.3) is 0 Å². The van der Waals surface area contributed by atoms with Crippen molar-refractivity contribution in [3.05, 3.63) is 64.7 Å². The van der Waals surface area contributed by atoms with Crippen LogP contribution in [0.2, 0.25) is 0 Å². The van der Waals surface area contributed by atoms with E-state index in [1.165, 1.54) is 0 Å². The molecule has 0 amide bonds. The third-order valence-electron chi connectivity index (χ3n) is 3.72. The number of benzene rings is 2. The van der Waals surface area contributed by atoms with Crippen LogP contribution in [-0.4, -0.2) is 20.0 Å². The molecule has 2 aromatic rings. The average molecular weight is 286 g/mol. The van der Waals surface area contributed by atoms with E-state index in [4.69, 9.17) is 0 Å². The maximum Gasteiger partial charge on any atom is 0.193 e. The second kappa shape index (κ2) is 4.56. The molecule has 20 heavy (non-hydrogen) atoms. The molecule has 3 rings (SSSR count). The Kier molecular flexibility index (Phi) is 2.98. The van der Waals surface area contributed by atoms with E-state index in [0.29, 0.717) is 28.0 Å². The quantitative estimate of drug-likeness (QED) is 0.727. The van der Waals surface area contributed by atoms with Gasteiger partial charge < -0.3 is 0 Å². The van der Waals surface area contributed by atoms with Crippen molar-refractivity contribution in [3.8, 4) is 0 Å². The molecule has 0 spiro atoms. The summed E-state index contributed by atoms with van der Waals surface area (Å²) in [4.78, 5) is 12.8. The number of carbonyl (C=O) groups is 1. The lowest BCUT2D eigenvalue weighted by atomic mass is 9.85. The molecule has 0 atom stereocenters. The summed E-state index contributed by atoms with van der Waals surface area (Å²) >= 11 is 0. The Morgan fingerprint density at radius 3 is 2.45 bits per heavy atom. The van der Waals surface area contributed by atoms with Crippen LogP contribution in [0, 0.1) is 0 Å². The summed E-state index contributed by atoms with van der Waals surface area (Å²) in [6, 6.07) is 12.3. The minimum absolute atomic E-state index is 0.0410. The number of carbonyl (C=O) groups excluding carboxylic acids is 1. The number of hydrogen-bond donors (Lipinski definition) is 0. The summed E-state index contributed by atoms with van der Waals surface area (Å²) in [6.45, 7) is 1.62. The standard InChI is InChI=1S/C16H14O3S/c1-2-20(18,19)15-9-5-8-13-14(15)10-11-6-3-4-7-12(11)16(13)17/h3-9H,2,10H2,1H3. The lowest BCUT2D eigenvalue weighted by molar-refractivity contribution is 0.103. The smallest absolute Gasteiger partial charge is 0.193 e. The number of fused-ring (bicyclic) bond motifs is 2. The van der Waals surface area contributed by atoms with Gasteiger partial charge in [-0.3, -0.25) is 4.79 Å². The Morgan fingerprint density at radius 1 is 1.00 bits per heavy atom. The monoisotopic (exact) mass is 286 g/mol. The molecule has 0 unspecified atom stereocenters. The van der Waals surface area contributed by atoms with Crippen molar-refractivity contribution in [2.24, 2.45) is 0 Å². The Hall–Kier alpha value is -1.94. The summed E-state index contributed by atoms with van der Waals surface area (Å²) < 4.78 is 24.4. The minimum atomic E-state index is -3.32. The molecule has 1 aliphatic carbocycles. The SMILES string of the molecule is CCS(=O)(=O)c1cccc2c1Cc1ccccc1C2=O. The first-order valence-corrected chi connectivity index (χ1v) is 8.17. The lowest BCUT2D eigenvalue weighted by Crippen LogP contribution is -2.18. The zero-order valence-corrected chi connectivity index (χ0v) is 11.9. The summed E-state index contributed by atoms with van der Waals surface area (Å²) in [7, 11) is -3.32. The molecule has 3 nitrogen and oxygen atoms in total. The van der Waals surface area contributed by atoms with E-state index in [2.05, 4.69) is 0 Å². The maximum atomic E-state index is 12.5. The van der Waals surface area contributed by atoms with Gasteiger partial charge in [-0.2, -0.15) is 0 Å². The molecule has 1 aliphatic rings. The number of ketones is 1. The van der Waals surface area contributed by atoms with Gasteiger partial charge in [0.2, 0.25) is 0 Å². The van der Waals surface area contributed by atoms with E-state index in [9.17, 15) is 13.2 Å². The average Bonchev–Trinajstić information content (AvgIpc) is 2.47. The van der Waals surface area contributed by atoms with Crippen molar-refractivity contribution in [3.63, 3.8) is 0 Å². The number of sulfone groups is 1. The summed E-state index contributed by atoms with van der Waals surface area (Å²) in [5, 5.41) is 0. The van der Waals surface area contributed by atoms with Gasteiger partial charge in [0.1, 0.15) is 0 Å². The second-order valence-electron chi connectivity index (χ2n) is 4.85. The van der Waals surface area contributed by atoms with Gasteiger partial charge in [-0.05, 0) is 17.2 Å². The van der Waals surface area contributed by atoms with Gasteiger partial charge in [0.05, 0.1) is 10.6 Å². The Bertz CT molecular complexity index is 804. The molecule has 0 saturated heterocycles. The van der Waals surface area contributed by atoms with E-state index in [0.717, 1.165) is 5.56 Å². The number of hydrogen-bond acceptors (Lipinski definition) is 3. The van der Waals surface area contributed by atoms with Crippen LogP contribution in [-0.2, 0) is 16.3 Å². The fourth-order valence-corrected chi connectivity index (χ4v) is 3.79. The number of rotatable bonds is 2. The van der Waals surface area contributed by atoms with E-state index in [1.54, 1.807) is 31.2 Å². The van der Waals surface area contributed by atoms with E-state index in [-0.39, 0.29) is 11.5 Å². The molecule has 2 aromatic carbocycles. The van der Waals surface area contributed by atoms with Crippen molar-refractivity contribution in [1.82, 2.24) is 0 Å². The van der Waals surface area contributed by atoms with Gasteiger partial charge in [-0.15, -0.1) is 0 Å². The molecule has 0 radical (unpaired) electrons. The predicted molar refractivity (Wildman–Crippen MR) is 76.8 cm³/mol. The second-order valence-corrected chi connectivity index (χ2v) is 7.10. The third-order valence-corrected chi connectivity index (χ3v) is 5.53. The highest BCUT2D eigenvalue weighted by Gasteiger charge is 2.28. The fraction of sp³-hybridized carbons (Fsp3) is 0.188. The molecule has 102 valence electrons. The van der Waals surface area contributed by atoms with Crippen molar-refractivity contribution in [2.45, 2.75) is 18.2 Å². The molecule has 0 N–H and O–H groups in total. The van der Waals surface area contributed by atoms with Crippen molar-refractivity contribution >= 4 is 15.6 Å². The Labute approximate surface area is 118 Å². The van der Waals surface area contributed by atoms with Crippen LogP contribution in [0.15, 0.2) is 47.4 Å². The van der Waals surface area contributed by atoms with Crippen LogP contribution < -0.4 is 0 Å². The normalized spacial score (nSPS) is 13.8. The Balaban J connectivity index is 2.26. The Morgan fingerprint density at radius 2 is 1.70 bits per heavy atom. The molecule has 0 aliphatic heterocycles. The highest BCUT2D eigenvalue weighted by molar-refractivity contribution is 7.91. The van der Waals surface area contributed by atoms with Crippen molar-refractivity contribution in [2.75, 3.05) is 5.75 Å². The van der Waals surface area contributed by atoms with E-state index >= 15 is 0 Å². The first-order chi connectivity index (χ1) is 9.54. The van der Waals surface area contributed by atoms with Crippen LogP contribution in [0.25, 0.3) is 0 Å². The molecule has 0 saturated carbocycles. The molecule has 0 aromatic heterocycles. The van der Waals surface area contributed by atoms with Gasteiger partial charge in [0.15, 0.2) is 15.6 Å². The zero-order chi connectivity index (χ0) is 14.3. The maximum absolute atomic E-state index is 12.5. The van der Waals surface area contributed by atoms with Crippen LogP contribution >= 0.6 is 0 Å². The van der Waals surface area contributed by atoms with Crippen LogP contribution in [0.5, 0.6) is 0 Å². The summed E-state index contributed by atoms with van der Waals surface area (Å²) in [5.41, 5.74) is 2.71. The van der Waals surface area contributed by atoms with Crippen LogP contribution in [0.3, 0.4) is 0 Å². The lowest BCUT2D eigenvalue weighted by Gasteiger charge is -2.20. The predicted octanol–water partition coefficient (Wildman–Crippen LogP) is 2.62. The van der Waals surface area contributed by atoms with E-state index in [1.807, 2.05) is 18.2 Å². The minimum Gasteiger partial charge on any atom is -0.289 e. The molecular formula is C16H14O3S. The largest absolute Gasteiger partial charge is 0.289 e. The van der Waals surface area contributed by atoms with Gasteiger partial charge in [0, 0.05) is 17.5 Å². The first kappa shape index (κ1) is 13.1. The highest BCUT2D eigenvalue weighted by Crippen LogP contribution is 2.31. The fourth-order valence-electron chi connectivity index (χ4n) is 2.64. The molecular weight excluding hydrogens is 272 g/mol. The van der Waals surface area contributed by atoms with Crippen molar-refractivity contribution < 1.29 is 13.2 Å². The van der Waals surface area contributed by atoms with Gasteiger partial charge in [-0.25, -0.2) is 8.42 Å². The van der Waals surface area contributed by atoms with Crippen LogP contribution in [0.1, 0.15) is 34.0 Å².